The third-order valence-electron chi connectivity index (χ3n) is 6.14. The Bertz CT molecular complexity index is 1280. The fraction of sp³-hybridized carbons (Fsp3) is 0.357. The summed E-state index contributed by atoms with van der Waals surface area (Å²) in [4.78, 5) is 2.43. The molecule has 1 aromatic heterocycles. The Hall–Kier alpha value is -3.38. The van der Waals surface area contributed by atoms with Crippen molar-refractivity contribution < 1.29 is 9.47 Å². The number of aromatic amines is 1. The number of nitrogens with zero attached hydrogens (tertiary/aromatic N) is 2. The Morgan fingerprint density at radius 1 is 0.971 bits per heavy atom. The van der Waals surface area contributed by atoms with Gasteiger partial charge in [-0.2, -0.15) is 5.10 Å². The summed E-state index contributed by atoms with van der Waals surface area (Å²) in [5, 5.41) is 19.0. The first-order chi connectivity index (χ1) is 16.4. The van der Waals surface area contributed by atoms with E-state index in [1.165, 1.54) is 0 Å². The molecule has 0 aliphatic carbocycles. The van der Waals surface area contributed by atoms with Gasteiger partial charge in [0.15, 0.2) is 0 Å². The largest absolute Gasteiger partial charge is 0.492 e. The highest BCUT2D eigenvalue weighted by Crippen LogP contribution is 2.31. The zero-order chi connectivity index (χ0) is 24.2. The molecule has 0 saturated carbocycles. The van der Waals surface area contributed by atoms with Gasteiger partial charge in [-0.1, -0.05) is 18.2 Å². The van der Waals surface area contributed by atoms with Gasteiger partial charge >= 0.3 is 0 Å². The van der Waals surface area contributed by atoms with Gasteiger partial charge in [0.2, 0.25) is 5.90 Å². The molecule has 0 atom stereocenters. The van der Waals surface area contributed by atoms with Gasteiger partial charge in [0, 0.05) is 35.1 Å². The Morgan fingerprint density at radius 2 is 1.71 bits per heavy atom. The number of fused-ring (bicyclic) bond motifs is 2. The summed E-state index contributed by atoms with van der Waals surface area (Å²) in [5.74, 6) is 1.06. The predicted molar refractivity (Wildman–Crippen MR) is 140 cm³/mol. The summed E-state index contributed by atoms with van der Waals surface area (Å²) in [7, 11) is 0. The van der Waals surface area contributed by atoms with Crippen LogP contribution in [0.15, 0.2) is 54.6 Å². The number of H-pyrrole nitrogens is 1. The van der Waals surface area contributed by atoms with Crippen LogP contribution in [0.25, 0.3) is 32.9 Å². The van der Waals surface area contributed by atoms with Crippen molar-refractivity contribution in [3.05, 3.63) is 60.2 Å². The number of hydrogen-bond donors (Lipinski definition) is 2. The van der Waals surface area contributed by atoms with Gasteiger partial charge in [0.05, 0.1) is 17.8 Å². The standard InChI is InChI=1S/C28H34N4O2/c1-6-33-28(29)23-10-12-26-25(17-23)27(31-30-26)22-8-7-21-16-24(11-9-20(21)15-22)34-14-13-32(18(2)3)19(4)5/h7-12,15-19,29H,6,13-14H2,1-5H3,(H,30,31). The van der Waals surface area contributed by atoms with Gasteiger partial charge in [0.25, 0.3) is 0 Å². The van der Waals surface area contributed by atoms with Crippen LogP contribution in [0.3, 0.4) is 0 Å². The zero-order valence-electron chi connectivity index (χ0n) is 20.7. The van der Waals surface area contributed by atoms with E-state index in [2.05, 4.69) is 73.1 Å². The van der Waals surface area contributed by atoms with Crippen molar-refractivity contribution in [2.24, 2.45) is 0 Å². The Morgan fingerprint density at radius 3 is 2.44 bits per heavy atom. The number of ether oxygens (including phenoxy) is 2. The van der Waals surface area contributed by atoms with Gasteiger partial charge < -0.3 is 9.47 Å². The lowest BCUT2D eigenvalue weighted by atomic mass is 10.0. The number of nitrogens with one attached hydrogen (secondary N) is 2. The topological polar surface area (TPSA) is 74.2 Å². The highest BCUT2D eigenvalue weighted by atomic mass is 16.5. The number of benzene rings is 3. The van der Waals surface area contributed by atoms with Gasteiger partial charge in [-0.15, -0.1) is 0 Å². The van der Waals surface area contributed by atoms with E-state index in [1.54, 1.807) is 0 Å². The van der Waals surface area contributed by atoms with Crippen molar-refractivity contribution in [1.82, 2.24) is 15.1 Å². The second kappa shape index (κ2) is 10.3. The predicted octanol–water partition coefficient (Wildman–Crippen LogP) is 6.24. The van der Waals surface area contributed by atoms with Crippen molar-refractivity contribution in [2.45, 2.75) is 46.7 Å². The number of rotatable bonds is 9. The van der Waals surface area contributed by atoms with E-state index in [4.69, 9.17) is 14.9 Å². The maximum absolute atomic E-state index is 8.11. The maximum atomic E-state index is 8.11. The van der Waals surface area contributed by atoms with Crippen molar-refractivity contribution in [3.8, 4) is 17.0 Å². The molecular formula is C28H34N4O2. The first kappa shape index (κ1) is 23.8. The molecule has 0 aliphatic rings. The SMILES string of the molecule is CCOC(=N)c1ccc2[nH]nc(-c3ccc4cc(OCCN(C(C)C)C(C)C)ccc4c3)c2c1. The molecule has 4 rings (SSSR count). The molecule has 6 heteroatoms. The van der Waals surface area contributed by atoms with E-state index in [1.807, 2.05) is 31.2 Å². The molecule has 3 aromatic carbocycles. The third-order valence-corrected chi connectivity index (χ3v) is 6.14. The molecule has 2 N–H and O–H groups in total. The first-order valence-corrected chi connectivity index (χ1v) is 12.0. The highest BCUT2D eigenvalue weighted by molar-refractivity contribution is 6.01. The molecule has 1 heterocycles. The number of aromatic nitrogens is 2. The van der Waals surface area contributed by atoms with Gasteiger partial charge in [-0.25, -0.2) is 0 Å². The Balaban J connectivity index is 1.55. The maximum Gasteiger partial charge on any atom is 0.213 e. The van der Waals surface area contributed by atoms with Gasteiger partial charge in [-0.05, 0) is 81.8 Å². The molecule has 0 radical (unpaired) electrons. The lowest BCUT2D eigenvalue weighted by Crippen LogP contribution is -2.39. The second-order valence-electron chi connectivity index (χ2n) is 9.09. The molecule has 34 heavy (non-hydrogen) atoms. The highest BCUT2D eigenvalue weighted by Gasteiger charge is 2.14. The molecule has 0 saturated heterocycles. The lowest BCUT2D eigenvalue weighted by Gasteiger charge is -2.30. The van der Waals surface area contributed by atoms with Crippen LogP contribution in [0, 0.1) is 5.41 Å². The summed E-state index contributed by atoms with van der Waals surface area (Å²) < 4.78 is 11.4. The minimum Gasteiger partial charge on any atom is -0.492 e. The fourth-order valence-corrected chi connectivity index (χ4v) is 4.45. The zero-order valence-corrected chi connectivity index (χ0v) is 20.7. The normalized spacial score (nSPS) is 11.8. The monoisotopic (exact) mass is 458 g/mol. The molecule has 0 bridgehead atoms. The average molecular weight is 459 g/mol. The van der Waals surface area contributed by atoms with E-state index in [9.17, 15) is 0 Å². The van der Waals surface area contributed by atoms with E-state index in [0.717, 1.165) is 50.8 Å². The molecule has 178 valence electrons. The average Bonchev–Trinajstić information content (AvgIpc) is 3.24. The summed E-state index contributed by atoms with van der Waals surface area (Å²) in [6, 6.07) is 19.4. The quantitative estimate of drug-likeness (QED) is 0.230. The fourth-order valence-electron chi connectivity index (χ4n) is 4.45. The number of hydrogen-bond acceptors (Lipinski definition) is 5. The Kier molecular flexibility index (Phi) is 7.17. The van der Waals surface area contributed by atoms with Crippen molar-refractivity contribution >= 4 is 27.6 Å². The van der Waals surface area contributed by atoms with Crippen LogP contribution in [0.4, 0.5) is 0 Å². The summed E-state index contributed by atoms with van der Waals surface area (Å²) >= 11 is 0. The third kappa shape index (κ3) is 5.07. The Labute approximate surface area is 201 Å². The van der Waals surface area contributed by atoms with Crippen LogP contribution in [-0.4, -0.2) is 52.8 Å². The lowest BCUT2D eigenvalue weighted by molar-refractivity contribution is 0.142. The molecule has 6 nitrogen and oxygen atoms in total. The van der Waals surface area contributed by atoms with Crippen LogP contribution in [0.1, 0.15) is 40.2 Å². The first-order valence-electron chi connectivity index (χ1n) is 12.0. The van der Waals surface area contributed by atoms with Crippen LogP contribution >= 0.6 is 0 Å². The van der Waals surface area contributed by atoms with Crippen molar-refractivity contribution in [1.29, 1.82) is 5.41 Å². The van der Waals surface area contributed by atoms with Gasteiger partial charge in [0.1, 0.15) is 12.4 Å². The summed E-state index contributed by atoms with van der Waals surface area (Å²) in [5.41, 5.74) is 3.57. The van der Waals surface area contributed by atoms with Crippen LogP contribution in [0.5, 0.6) is 5.75 Å². The van der Waals surface area contributed by atoms with Crippen LogP contribution < -0.4 is 4.74 Å². The van der Waals surface area contributed by atoms with E-state index >= 15 is 0 Å². The summed E-state index contributed by atoms with van der Waals surface area (Å²) in [6.45, 7) is 12.8. The van der Waals surface area contributed by atoms with Crippen LogP contribution in [0.2, 0.25) is 0 Å². The minimum atomic E-state index is 0.174. The van der Waals surface area contributed by atoms with E-state index < -0.39 is 0 Å². The minimum absolute atomic E-state index is 0.174. The van der Waals surface area contributed by atoms with E-state index in [0.29, 0.717) is 25.3 Å². The molecule has 0 amide bonds. The second-order valence-corrected chi connectivity index (χ2v) is 9.09. The molecule has 0 spiro atoms. The van der Waals surface area contributed by atoms with Gasteiger partial charge in [-0.3, -0.25) is 15.4 Å². The van der Waals surface area contributed by atoms with Crippen molar-refractivity contribution in [3.63, 3.8) is 0 Å². The van der Waals surface area contributed by atoms with Crippen molar-refractivity contribution in [2.75, 3.05) is 19.8 Å². The molecule has 0 fully saturated rings. The molecule has 0 unspecified atom stereocenters. The molecule has 0 aliphatic heterocycles. The summed E-state index contributed by atoms with van der Waals surface area (Å²) in [6.07, 6.45) is 0. The smallest absolute Gasteiger partial charge is 0.213 e. The molecule has 4 aromatic rings. The molecular weight excluding hydrogens is 424 g/mol. The van der Waals surface area contributed by atoms with Crippen LogP contribution in [-0.2, 0) is 4.74 Å². The van der Waals surface area contributed by atoms with E-state index in [-0.39, 0.29) is 5.90 Å².